The molecule has 182 valence electrons. The standard InChI is InChI=1S/C31H30N2O2S/c1-3-30(33-31(26-15-9-5-10-16-26)27-17-11-6-12-18-27)29(25-13-7-4-8-14-25)23-32-36(34,35)28-21-19-24(2)20-22-28/h3-22,29-30,32H,1,23H2,2H3/t29-,30+/m0/s1. The van der Waals surface area contributed by atoms with E-state index in [4.69, 9.17) is 4.99 Å². The van der Waals surface area contributed by atoms with Gasteiger partial charge in [0.25, 0.3) is 0 Å². The van der Waals surface area contributed by atoms with Crippen molar-refractivity contribution in [1.29, 1.82) is 0 Å². The molecule has 0 aliphatic heterocycles. The van der Waals surface area contributed by atoms with Crippen LogP contribution in [0.3, 0.4) is 0 Å². The van der Waals surface area contributed by atoms with Gasteiger partial charge in [0.2, 0.25) is 10.0 Å². The molecule has 4 nitrogen and oxygen atoms in total. The van der Waals surface area contributed by atoms with Crippen molar-refractivity contribution in [2.24, 2.45) is 4.99 Å². The lowest BCUT2D eigenvalue weighted by Gasteiger charge is -2.24. The van der Waals surface area contributed by atoms with E-state index in [1.165, 1.54) is 0 Å². The zero-order valence-electron chi connectivity index (χ0n) is 20.3. The number of aliphatic imine (C=N–C) groups is 1. The van der Waals surface area contributed by atoms with Crippen molar-refractivity contribution in [2.75, 3.05) is 6.54 Å². The number of hydrogen-bond donors (Lipinski definition) is 1. The van der Waals surface area contributed by atoms with Crippen LogP contribution in [0.25, 0.3) is 0 Å². The van der Waals surface area contributed by atoms with E-state index in [1.807, 2.05) is 97.9 Å². The van der Waals surface area contributed by atoms with Crippen LogP contribution in [0, 0.1) is 6.92 Å². The van der Waals surface area contributed by atoms with E-state index in [9.17, 15) is 8.42 Å². The summed E-state index contributed by atoms with van der Waals surface area (Å²) in [5, 5.41) is 0. The van der Waals surface area contributed by atoms with Crippen LogP contribution >= 0.6 is 0 Å². The Morgan fingerprint density at radius 2 is 1.31 bits per heavy atom. The summed E-state index contributed by atoms with van der Waals surface area (Å²) >= 11 is 0. The zero-order chi connectivity index (χ0) is 25.4. The number of nitrogens with zero attached hydrogens (tertiary/aromatic N) is 1. The molecular formula is C31H30N2O2S. The van der Waals surface area contributed by atoms with Gasteiger partial charge < -0.3 is 0 Å². The molecule has 4 rings (SSSR count). The van der Waals surface area contributed by atoms with Gasteiger partial charge in [-0.05, 0) is 24.6 Å². The number of rotatable bonds is 10. The summed E-state index contributed by atoms with van der Waals surface area (Å²) in [5.41, 5.74) is 4.80. The van der Waals surface area contributed by atoms with Crippen LogP contribution < -0.4 is 4.72 Å². The van der Waals surface area contributed by atoms with E-state index < -0.39 is 10.0 Å². The quantitative estimate of drug-likeness (QED) is 0.212. The van der Waals surface area contributed by atoms with Gasteiger partial charge in [-0.3, -0.25) is 4.99 Å². The van der Waals surface area contributed by atoms with Gasteiger partial charge in [0.05, 0.1) is 16.6 Å². The Morgan fingerprint density at radius 3 is 1.81 bits per heavy atom. The molecule has 36 heavy (non-hydrogen) atoms. The molecule has 0 bridgehead atoms. The first-order chi connectivity index (χ1) is 17.5. The fraction of sp³-hybridized carbons (Fsp3) is 0.129. The molecule has 0 radical (unpaired) electrons. The van der Waals surface area contributed by atoms with Crippen LogP contribution in [0.15, 0.2) is 138 Å². The van der Waals surface area contributed by atoms with Crippen molar-refractivity contribution in [1.82, 2.24) is 4.72 Å². The van der Waals surface area contributed by atoms with Gasteiger partial charge in [-0.2, -0.15) is 0 Å². The van der Waals surface area contributed by atoms with E-state index in [2.05, 4.69) is 11.3 Å². The number of aryl methyl sites for hydroxylation is 1. The molecule has 0 aliphatic rings. The maximum absolute atomic E-state index is 13.1. The second-order valence-electron chi connectivity index (χ2n) is 8.62. The molecule has 0 aromatic heterocycles. The van der Waals surface area contributed by atoms with Gasteiger partial charge in [-0.25, -0.2) is 13.1 Å². The molecule has 0 heterocycles. The zero-order valence-corrected chi connectivity index (χ0v) is 21.1. The highest BCUT2D eigenvalue weighted by molar-refractivity contribution is 7.89. The van der Waals surface area contributed by atoms with Crippen molar-refractivity contribution >= 4 is 15.7 Å². The summed E-state index contributed by atoms with van der Waals surface area (Å²) in [6.45, 7) is 6.18. The second-order valence-corrected chi connectivity index (χ2v) is 10.4. The van der Waals surface area contributed by atoms with Crippen LogP contribution in [0.4, 0.5) is 0 Å². The summed E-state index contributed by atoms with van der Waals surface area (Å²) in [4.78, 5) is 5.40. The molecule has 1 N–H and O–H groups in total. The van der Waals surface area contributed by atoms with E-state index in [0.29, 0.717) is 0 Å². The SMILES string of the molecule is C=C[C@@H](N=C(c1ccccc1)c1ccccc1)[C@@H](CNS(=O)(=O)c1ccc(C)cc1)c1ccccc1. The van der Waals surface area contributed by atoms with E-state index in [1.54, 1.807) is 30.3 Å². The molecule has 0 saturated heterocycles. The largest absolute Gasteiger partial charge is 0.276 e. The third kappa shape index (κ3) is 6.25. The summed E-state index contributed by atoms with van der Waals surface area (Å²) in [5.74, 6) is -0.258. The summed E-state index contributed by atoms with van der Waals surface area (Å²) in [6, 6.07) is 36.4. The van der Waals surface area contributed by atoms with Gasteiger partial charge in [-0.1, -0.05) is 115 Å². The van der Waals surface area contributed by atoms with Gasteiger partial charge in [-0.15, -0.1) is 6.58 Å². The topological polar surface area (TPSA) is 58.5 Å². The monoisotopic (exact) mass is 494 g/mol. The maximum Gasteiger partial charge on any atom is 0.240 e. The summed E-state index contributed by atoms with van der Waals surface area (Å²) in [7, 11) is -3.69. The fourth-order valence-corrected chi connectivity index (χ4v) is 5.16. The molecule has 4 aromatic rings. The molecule has 4 aromatic carbocycles. The van der Waals surface area contributed by atoms with Gasteiger partial charge in [0, 0.05) is 23.6 Å². The summed E-state index contributed by atoms with van der Waals surface area (Å²) < 4.78 is 29.0. The third-order valence-electron chi connectivity index (χ3n) is 6.08. The minimum absolute atomic E-state index is 0.178. The number of sulfonamides is 1. The number of hydrogen-bond acceptors (Lipinski definition) is 3. The van der Waals surface area contributed by atoms with E-state index in [-0.39, 0.29) is 23.4 Å². The van der Waals surface area contributed by atoms with Crippen LogP contribution in [-0.2, 0) is 10.0 Å². The Hall–Kier alpha value is -3.80. The predicted octanol–water partition coefficient (Wildman–Crippen LogP) is 6.15. The van der Waals surface area contributed by atoms with Crippen molar-refractivity contribution in [3.05, 3.63) is 150 Å². The Labute approximate surface area is 214 Å². The van der Waals surface area contributed by atoms with Gasteiger partial charge in [0.15, 0.2) is 0 Å². The van der Waals surface area contributed by atoms with Crippen molar-refractivity contribution in [2.45, 2.75) is 23.8 Å². The minimum Gasteiger partial charge on any atom is -0.276 e. The Balaban J connectivity index is 1.72. The van der Waals surface area contributed by atoms with E-state index >= 15 is 0 Å². The fourth-order valence-electron chi connectivity index (χ4n) is 4.10. The smallest absolute Gasteiger partial charge is 0.240 e. The number of nitrogens with one attached hydrogen (secondary N) is 1. The van der Waals surface area contributed by atoms with Crippen LogP contribution in [0.2, 0.25) is 0 Å². The van der Waals surface area contributed by atoms with Crippen LogP contribution in [0.1, 0.15) is 28.2 Å². The Kier molecular flexibility index (Phi) is 8.26. The maximum atomic E-state index is 13.1. The molecule has 0 aliphatic carbocycles. The van der Waals surface area contributed by atoms with Crippen LogP contribution in [-0.4, -0.2) is 26.7 Å². The first kappa shape index (κ1) is 25.3. The molecule has 0 unspecified atom stereocenters. The highest BCUT2D eigenvalue weighted by atomic mass is 32.2. The van der Waals surface area contributed by atoms with Gasteiger partial charge >= 0.3 is 0 Å². The Morgan fingerprint density at radius 1 is 0.806 bits per heavy atom. The third-order valence-corrected chi connectivity index (χ3v) is 7.52. The average molecular weight is 495 g/mol. The van der Waals surface area contributed by atoms with Crippen LogP contribution in [0.5, 0.6) is 0 Å². The lowest BCUT2D eigenvalue weighted by Crippen LogP contribution is -2.33. The molecule has 2 atom stereocenters. The highest BCUT2D eigenvalue weighted by Crippen LogP contribution is 2.25. The normalized spacial score (nSPS) is 12.9. The lowest BCUT2D eigenvalue weighted by atomic mass is 9.91. The highest BCUT2D eigenvalue weighted by Gasteiger charge is 2.24. The van der Waals surface area contributed by atoms with Crippen molar-refractivity contribution < 1.29 is 8.42 Å². The van der Waals surface area contributed by atoms with Crippen molar-refractivity contribution in [3.8, 4) is 0 Å². The van der Waals surface area contributed by atoms with Crippen molar-refractivity contribution in [3.63, 3.8) is 0 Å². The molecule has 0 saturated carbocycles. The average Bonchev–Trinajstić information content (AvgIpc) is 2.92. The molecule has 0 amide bonds. The molecule has 0 fully saturated rings. The minimum atomic E-state index is -3.69. The molecule has 0 spiro atoms. The lowest BCUT2D eigenvalue weighted by molar-refractivity contribution is 0.555. The van der Waals surface area contributed by atoms with Gasteiger partial charge in [0.1, 0.15) is 0 Å². The number of benzene rings is 4. The molecule has 5 heteroatoms. The summed E-state index contributed by atoms with van der Waals surface area (Å²) in [6.07, 6.45) is 1.80. The first-order valence-electron chi connectivity index (χ1n) is 11.9. The second kappa shape index (κ2) is 11.8. The molecular weight excluding hydrogens is 464 g/mol. The first-order valence-corrected chi connectivity index (χ1v) is 13.4. The predicted molar refractivity (Wildman–Crippen MR) is 148 cm³/mol. The Bertz CT molecular complexity index is 1360. The van der Waals surface area contributed by atoms with E-state index in [0.717, 1.165) is 28.0 Å².